The van der Waals surface area contributed by atoms with E-state index >= 15 is 0 Å². The summed E-state index contributed by atoms with van der Waals surface area (Å²) in [6, 6.07) is 8.26. The Labute approximate surface area is 101 Å². The molecule has 1 atom stereocenters. The summed E-state index contributed by atoms with van der Waals surface area (Å²) in [7, 11) is 0. The molecular formula is C13H18O2S. The van der Waals surface area contributed by atoms with Crippen LogP contribution in [0.5, 0.6) is 5.75 Å². The molecule has 0 aliphatic carbocycles. The summed E-state index contributed by atoms with van der Waals surface area (Å²) in [5, 5.41) is 8.74. The molecule has 1 fully saturated rings. The molecule has 1 aliphatic rings. The maximum atomic E-state index is 8.74. The summed E-state index contributed by atoms with van der Waals surface area (Å²) >= 11 is 1.96. The summed E-state index contributed by atoms with van der Waals surface area (Å²) in [5.41, 5.74) is 1.27. The second-order valence-electron chi connectivity index (χ2n) is 4.07. The van der Waals surface area contributed by atoms with Gasteiger partial charge in [0.25, 0.3) is 0 Å². The lowest BCUT2D eigenvalue weighted by atomic mass is 10.1. The fourth-order valence-electron chi connectivity index (χ4n) is 1.82. The molecule has 1 aromatic rings. The van der Waals surface area contributed by atoms with E-state index < -0.39 is 0 Å². The summed E-state index contributed by atoms with van der Waals surface area (Å²) in [5.74, 6) is 3.31. The van der Waals surface area contributed by atoms with E-state index in [0.29, 0.717) is 6.10 Å². The van der Waals surface area contributed by atoms with Crippen LogP contribution in [0.25, 0.3) is 0 Å². The molecule has 1 N–H and O–H groups in total. The van der Waals surface area contributed by atoms with Gasteiger partial charge in [0.2, 0.25) is 0 Å². The molecule has 1 heterocycles. The van der Waals surface area contributed by atoms with Crippen LogP contribution in [0.4, 0.5) is 0 Å². The van der Waals surface area contributed by atoms with Crippen LogP contribution in [0.15, 0.2) is 24.3 Å². The fourth-order valence-corrected chi connectivity index (χ4v) is 2.91. The number of aliphatic hydroxyl groups is 1. The normalized spacial score (nSPS) is 19.9. The summed E-state index contributed by atoms with van der Waals surface area (Å²) < 4.78 is 5.86. The zero-order chi connectivity index (χ0) is 11.2. The Morgan fingerprint density at radius 3 is 2.75 bits per heavy atom. The van der Waals surface area contributed by atoms with Gasteiger partial charge in [-0.2, -0.15) is 11.8 Å². The Kier molecular flexibility index (Phi) is 4.55. The predicted octanol–water partition coefficient (Wildman–Crippen LogP) is 2.50. The third kappa shape index (κ3) is 3.42. The van der Waals surface area contributed by atoms with Crippen LogP contribution in [0.2, 0.25) is 0 Å². The van der Waals surface area contributed by atoms with Crippen molar-refractivity contribution < 1.29 is 9.84 Å². The van der Waals surface area contributed by atoms with Gasteiger partial charge in [-0.05, 0) is 42.7 Å². The minimum Gasteiger partial charge on any atom is -0.490 e. The van der Waals surface area contributed by atoms with Crippen LogP contribution in [0.3, 0.4) is 0 Å². The molecule has 0 bridgehead atoms. The number of hydrogen-bond donors (Lipinski definition) is 1. The molecule has 1 saturated heterocycles. The Morgan fingerprint density at radius 2 is 2.12 bits per heavy atom. The number of rotatable bonds is 5. The van der Waals surface area contributed by atoms with Crippen molar-refractivity contribution in [2.45, 2.75) is 25.4 Å². The number of aryl methyl sites for hydroxylation is 1. The van der Waals surface area contributed by atoms with E-state index in [4.69, 9.17) is 9.84 Å². The summed E-state index contributed by atoms with van der Waals surface area (Å²) in [4.78, 5) is 0. The van der Waals surface area contributed by atoms with Gasteiger partial charge in [-0.15, -0.1) is 0 Å². The molecule has 88 valence electrons. The van der Waals surface area contributed by atoms with Crippen LogP contribution >= 0.6 is 11.8 Å². The van der Waals surface area contributed by atoms with Crippen LogP contribution in [0.1, 0.15) is 18.4 Å². The fraction of sp³-hybridized carbons (Fsp3) is 0.538. The van der Waals surface area contributed by atoms with Crippen LogP contribution < -0.4 is 4.74 Å². The number of aliphatic hydroxyl groups excluding tert-OH is 1. The van der Waals surface area contributed by atoms with Crippen molar-refractivity contribution in [2.24, 2.45) is 0 Å². The minimum atomic E-state index is 0.261. The molecule has 2 nitrogen and oxygen atoms in total. The van der Waals surface area contributed by atoms with Crippen molar-refractivity contribution >= 4 is 11.8 Å². The quantitative estimate of drug-likeness (QED) is 0.854. The second-order valence-corrected chi connectivity index (χ2v) is 5.22. The van der Waals surface area contributed by atoms with Crippen molar-refractivity contribution in [1.29, 1.82) is 0 Å². The van der Waals surface area contributed by atoms with Gasteiger partial charge < -0.3 is 9.84 Å². The predicted molar refractivity (Wildman–Crippen MR) is 68.2 cm³/mol. The standard InChI is InChI=1S/C13H18O2S/c14-8-1-2-11-3-5-12(6-4-11)15-13-7-9-16-10-13/h3-6,13-14H,1-2,7-10H2. The monoisotopic (exact) mass is 238 g/mol. The van der Waals surface area contributed by atoms with Crippen molar-refractivity contribution in [1.82, 2.24) is 0 Å². The van der Waals surface area contributed by atoms with E-state index in [9.17, 15) is 0 Å². The van der Waals surface area contributed by atoms with E-state index in [0.717, 1.165) is 30.8 Å². The van der Waals surface area contributed by atoms with Gasteiger partial charge in [-0.3, -0.25) is 0 Å². The molecule has 1 aromatic carbocycles. The lowest BCUT2D eigenvalue weighted by molar-refractivity contribution is 0.229. The minimum absolute atomic E-state index is 0.261. The van der Waals surface area contributed by atoms with E-state index in [1.54, 1.807) is 0 Å². The molecule has 0 aromatic heterocycles. The number of benzene rings is 1. The Hall–Kier alpha value is -0.670. The molecule has 0 saturated carbocycles. The van der Waals surface area contributed by atoms with E-state index in [1.165, 1.54) is 11.3 Å². The Balaban J connectivity index is 1.86. The van der Waals surface area contributed by atoms with Crippen molar-refractivity contribution in [3.63, 3.8) is 0 Å². The molecule has 3 heteroatoms. The van der Waals surface area contributed by atoms with Gasteiger partial charge >= 0.3 is 0 Å². The summed E-state index contributed by atoms with van der Waals surface area (Å²) in [6.07, 6.45) is 3.33. The second kappa shape index (κ2) is 6.16. The molecule has 2 rings (SSSR count). The van der Waals surface area contributed by atoms with Gasteiger partial charge in [-0.25, -0.2) is 0 Å². The van der Waals surface area contributed by atoms with Crippen LogP contribution in [-0.4, -0.2) is 29.3 Å². The highest BCUT2D eigenvalue weighted by atomic mass is 32.2. The van der Waals surface area contributed by atoms with E-state index in [1.807, 2.05) is 23.9 Å². The third-order valence-corrected chi connectivity index (χ3v) is 3.87. The SMILES string of the molecule is OCCCc1ccc(OC2CCSC2)cc1. The highest BCUT2D eigenvalue weighted by Crippen LogP contribution is 2.23. The Morgan fingerprint density at radius 1 is 1.31 bits per heavy atom. The van der Waals surface area contributed by atoms with E-state index in [2.05, 4.69) is 12.1 Å². The van der Waals surface area contributed by atoms with Gasteiger partial charge in [-0.1, -0.05) is 12.1 Å². The first-order chi connectivity index (χ1) is 7.88. The van der Waals surface area contributed by atoms with Crippen LogP contribution in [0, 0.1) is 0 Å². The van der Waals surface area contributed by atoms with Gasteiger partial charge in [0.1, 0.15) is 11.9 Å². The van der Waals surface area contributed by atoms with Gasteiger partial charge in [0.15, 0.2) is 0 Å². The highest BCUT2D eigenvalue weighted by molar-refractivity contribution is 7.99. The van der Waals surface area contributed by atoms with Gasteiger partial charge in [0, 0.05) is 12.4 Å². The molecule has 0 amide bonds. The maximum absolute atomic E-state index is 8.74. The van der Waals surface area contributed by atoms with Crippen LogP contribution in [-0.2, 0) is 6.42 Å². The lowest BCUT2D eigenvalue weighted by Crippen LogP contribution is -2.14. The van der Waals surface area contributed by atoms with Crippen molar-refractivity contribution in [3.8, 4) is 5.75 Å². The lowest BCUT2D eigenvalue weighted by Gasteiger charge is -2.12. The van der Waals surface area contributed by atoms with E-state index in [-0.39, 0.29) is 6.61 Å². The molecule has 1 aliphatic heterocycles. The number of hydrogen-bond acceptors (Lipinski definition) is 3. The van der Waals surface area contributed by atoms with Gasteiger partial charge in [0.05, 0.1) is 0 Å². The largest absolute Gasteiger partial charge is 0.490 e. The van der Waals surface area contributed by atoms with Crippen molar-refractivity contribution in [3.05, 3.63) is 29.8 Å². The average molecular weight is 238 g/mol. The molecule has 1 unspecified atom stereocenters. The number of ether oxygens (including phenoxy) is 1. The number of thioether (sulfide) groups is 1. The van der Waals surface area contributed by atoms with Crippen molar-refractivity contribution in [2.75, 3.05) is 18.1 Å². The average Bonchev–Trinajstić information content (AvgIpc) is 2.81. The molecule has 16 heavy (non-hydrogen) atoms. The first-order valence-electron chi connectivity index (χ1n) is 5.82. The maximum Gasteiger partial charge on any atom is 0.119 e. The first-order valence-corrected chi connectivity index (χ1v) is 6.98. The highest BCUT2D eigenvalue weighted by Gasteiger charge is 2.16. The zero-order valence-electron chi connectivity index (χ0n) is 9.39. The smallest absolute Gasteiger partial charge is 0.119 e. The molecular weight excluding hydrogens is 220 g/mol. The first kappa shape index (κ1) is 11.8. The Bertz CT molecular complexity index is 304. The summed E-state index contributed by atoms with van der Waals surface area (Å²) in [6.45, 7) is 0.261. The zero-order valence-corrected chi connectivity index (χ0v) is 10.2. The molecule has 0 spiro atoms. The third-order valence-electron chi connectivity index (χ3n) is 2.74. The molecule has 0 radical (unpaired) electrons. The topological polar surface area (TPSA) is 29.5 Å².